The van der Waals surface area contributed by atoms with Crippen LogP contribution < -0.4 is 0 Å². The lowest BCUT2D eigenvalue weighted by molar-refractivity contribution is -0.131. The van der Waals surface area contributed by atoms with Gasteiger partial charge in [0.25, 0.3) is 5.89 Å². The Bertz CT molecular complexity index is 819. The first-order valence-corrected chi connectivity index (χ1v) is 8.47. The Morgan fingerprint density at radius 2 is 1.92 bits per heavy atom. The number of amides is 1. The van der Waals surface area contributed by atoms with Gasteiger partial charge in [-0.2, -0.15) is 0 Å². The van der Waals surface area contributed by atoms with E-state index in [1.807, 2.05) is 35.2 Å². The molecule has 3 heterocycles. The monoisotopic (exact) mass is 337 g/mol. The van der Waals surface area contributed by atoms with Crippen molar-refractivity contribution < 1.29 is 13.6 Å². The summed E-state index contributed by atoms with van der Waals surface area (Å²) in [6.45, 7) is 1.44. The lowest BCUT2D eigenvalue weighted by atomic mass is 9.96. The summed E-state index contributed by atoms with van der Waals surface area (Å²) in [5, 5.41) is 8.26. The molecule has 128 valence electrons. The predicted octanol–water partition coefficient (Wildman–Crippen LogP) is 3.28. The maximum absolute atomic E-state index is 12.4. The van der Waals surface area contributed by atoms with Gasteiger partial charge in [0.15, 0.2) is 0 Å². The molecule has 2 aromatic heterocycles. The van der Waals surface area contributed by atoms with Crippen molar-refractivity contribution in [1.82, 2.24) is 15.1 Å². The Balaban J connectivity index is 1.34. The van der Waals surface area contributed by atoms with Gasteiger partial charge in [-0.1, -0.05) is 30.3 Å². The van der Waals surface area contributed by atoms with Gasteiger partial charge in [-0.3, -0.25) is 4.79 Å². The molecule has 3 aromatic rings. The predicted molar refractivity (Wildman–Crippen MR) is 90.7 cm³/mol. The molecule has 6 heteroatoms. The third kappa shape index (κ3) is 3.47. The Morgan fingerprint density at radius 1 is 1.12 bits per heavy atom. The van der Waals surface area contributed by atoms with Crippen molar-refractivity contribution in [3.63, 3.8) is 0 Å². The summed E-state index contributed by atoms with van der Waals surface area (Å²) in [5.74, 6) is 1.50. The van der Waals surface area contributed by atoms with Gasteiger partial charge in [-0.05, 0) is 24.5 Å². The van der Waals surface area contributed by atoms with Crippen molar-refractivity contribution >= 4 is 5.91 Å². The number of rotatable bonds is 4. The Kier molecular flexibility index (Phi) is 4.33. The summed E-state index contributed by atoms with van der Waals surface area (Å²) in [6, 6.07) is 11.6. The van der Waals surface area contributed by atoms with Crippen molar-refractivity contribution in [2.45, 2.75) is 25.2 Å². The van der Waals surface area contributed by atoms with E-state index in [0.29, 0.717) is 18.2 Å². The molecule has 0 aliphatic carbocycles. The highest BCUT2D eigenvalue weighted by atomic mass is 16.4. The number of carbonyl (C=O) groups is 1. The molecular weight excluding hydrogens is 318 g/mol. The summed E-state index contributed by atoms with van der Waals surface area (Å²) < 4.78 is 10.8. The van der Waals surface area contributed by atoms with E-state index in [-0.39, 0.29) is 11.8 Å². The Labute approximate surface area is 145 Å². The Morgan fingerprint density at radius 3 is 2.64 bits per heavy atom. The van der Waals surface area contributed by atoms with Crippen LogP contribution in [0.5, 0.6) is 0 Å². The van der Waals surface area contributed by atoms with Gasteiger partial charge >= 0.3 is 0 Å². The number of benzene rings is 1. The zero-order valence-corrected chi connectivity index (χ0v) is 13.8. The van der Waals surface area contributed by atoms with Gasteiger partial charge in [0.05, 0.1) is 18.2 Å². The van der Waals surface area contributed by atoms with Crippen LogP contribution in [0.2, 0.25) is 0 Å². The van der Waals surface area contributed by atoms with Crippen molar-refractivity contribution in [1.29, 1.82) is 0 Å². The maximum Gasteiger partial charge on any atom is 0.250 e. The largest absolute Gasteiger partial charge is 0.472 e. The smallest absolute Gasteiger partial charge is 0.250 e. The molecule has 0 atom stereocenters. The van der Waals surface area contributed by atoms with E-state index >= 15 is 0 Å². The van der Waals surface area contributed by atoms with Crippen LogP contribution in [-0.4, -0.2) is 34.1 Å². The minimum atomic E-state index is 0.175. The first-order chi connectivity index (χ1) is 12.3. The number of carbonyl (C=O) groups excluding carboxylic acids is 1. The fraction of sp³-hybridized carbons (Fsp3) is 0.316. The molecule has 1 aliphatic heterocycles. The van der Waals surface area contributed by atoms with Gasteiger partial charge in [0.1, 0.15) is 6.26 Å². The van der Waals surface area contributed by atoms with E-state index in [1.165, 1.54) is 0 Å². The van der Waals surface area contributed by atoms with Crippen LogP contribution in [0.1, 0.15) is 30.2 Å². The lowest BCUT2D eigenvalue weighted by Crippen LogP contribution is -2.38. The maximum atomic E-state index is 12.4. The average molecular weight is 337 g/mol. The highest BCUT2D eigenvalue weighted by Gasteiger charge is 2.27. The summed E-state index contributed by atoms with van der Waals surface area (Å²) in [5.41, 5.74) is 1.84. The molecule has 0 N–H and O–H groups in total. The number of hydrogen-bond acceptors (Lipinski definition) is 5. The quantitative estimate of drug-likeness (QED) is 0.730. The standard InChI is InChI=1S/C19H19N3O3/c23-17(12-14-4-2-1-3-5-14)22-9-6-15(7-10-22)18-20-21-19(25-18)16-8-11-24-13-16/h1-5,8,11,13,15H,6-7,9-10,12H2. The average Bonchev–Trinajstić information content (AvgIpc) is 3.34. The van der Waals surface area contributed by atoms with Gasteiger partial charge in [0.2, 0.25) is 11.8 Å². The molecule has 0 saturated carbocycles. The SMILES string of the molecule is O=C(Cc1ccccc1)N1CCC(c2nnc(-c3ccoc3)o2)CC1. The van der Waals surface area contributed by atoms with Gasteiger partial charge in [0, 0.05) is 19.0 Å². The summed E-state index contributed by atoms with van der Waals surface area (Å²) >= 11 is 0. The number of furan rings is 1. The topological polar surface area (TPSA) is 72.4 Å². The summed E-state index contributed by atoms with van der Waals surface area (Å²) in [7, 11) is 0. The van der Waals surface area contributed by atoms with Crippen LogP contribution in [0.4, 0.5) is 0 Å². The van der Waals surface area contributed by atoms with Gasteiger partial charge in [-0.15, -0.1) is 10.2 Å². The molecule has 25 heavy (non-hydrogen) atoms. The summed E-state index contributed by atoms with van der Waals surface area (Å²) in [4.78, 5) is 14.4. The first-order valence-electron chi connectivity index (χ1n) is 8.47. The molecule has 6 nitrogen and oxygen atoms in total. The van der Waals surface area contributed by atoms with E-state index in [9.17, 15) is 4.79 Å². The molecule has 1 amide bonds. The third-order valence-corrected chi connectivity index (χ3v) is 4.60. The highest BCUT2D eigenvalue weighted by Crippen LogP contribution is 2.29. The van der Waals surface area contributed by atoms with Gasteiger partial charge in [-0.25, -0.2) is 0 Å². The normalized spacial score (nSPS) is 15.4. The zero-order chi connectivity index (χ0) is 17.1. The number of likely N-dealkylation sites (tertiary alicyclic amines) is 1. The number of nitrogens with zero attached hydrogens (tertiary/aromatic N) is 3. The summed E-state index contributed by atoms with van der Waals surface area (Å²) in [6.07, 6.45) is 5.30. The van der Waals surface area contributed by atoms with Crippen molar-refractivity contribution in [3.8, 4) is 11.5 Å². The minimum absolute atomic E-state index is 0.175. The minimum Gasteiger partial charge on any atom is -0.472 e. The molecule has 0 unspecified atom stereocenters. The van der Waals surface area contributed by atoms with Crippen molar-refractivity contribution in [3.05, 3.63) is 60.4 Å². The Hall–Kier alpha value is -2.89. The second-order valence-electron chi connectivity index (χ2n) is 6.27. The van der Waals surface area contributed by atoms with Crippen LogP contribution in [0, 0.1) is 0 Å². The van der Waals surface area contributed by atoms with E-state index in [2.05, 4.69) is 10.2 Å². The third-order valence-electron chi connectivity index (χ3n) is 4.60. The number of aromatic nitrogens is 2. The molecular formula is C19H19N3O3. The second kappa shape index (κ2) is 6.93. The van der Waals surface area contributed by atoms with E-state index < -0.39 is 0 Å². The zero-order valence-electron chi connectivity index (χ0n) is 13.8. The van der Waals surface area contributed by atoms with Gasteiger partial charge < -0.3 is 13.7 Å². The first kappa shape index (κ1) is 15.6. The van der Waals surface area contributed by atoms with Crippen molar-refractivity contribution in [2.24, 2.45) is 0 Å². The molecule has 1 aromatic carbocycles. The molecule has 0 radical (unpaired) electrons. The van der Waals surface area contributed by atoms with Crippen LogP contribution in [0.15, 0.2) is 57.8 Å². The number of piperidine rings is 1. The van der Waals surface area contributed by atoms with Crippen LogP contribution in [0.25, 0.3) is 11.5 Å². The molecule has 1 fully saturated rings. The van der Waals surface area contributed by atoms with Crippen LogP contribution >= 0.6 is 0 Å². The van der Waals surface area contributed by atoms with Crippen LogP contribution in [-0.2, 0) is 11.2 Å². The van der Waals surface area contributed by atoms with Crippen LogP contribution in [0.3, 0.4) is 0 Å². The molecule has 1 aliphatic rings. The molecule has 0 spiro atoms. The second-order valence-corrected chi connectivity index (χ2v) is 6.27. The van der Waals surface area contributed by atoms with Crippen molar-refractivity contribution in [2.75, 3.05) is 13.1 Å². The molecule has 0 bridgehead atoms. The highest BCUT2D eigenvalue weighted by molar-refractivity contribution is 5.78. The number of hydrogen-bond donors (Lipinski definition) is 0. The van der Waals surface area contributed by atoms with E-state index in [4.69, 9.17) is 8.83 Å². The fourth-order valence-corrected chi connectivity index (χ4v) is 3.16. The molecule has 4 rings (SSSR count). The fourth-order valence-electron chi connectivity index (χ4n) is 3.16. The van der Waals surface area contributed by atoms with E-state index in [1.54, 1.807) is 18.6 Å². The van der Waals surface area contributed by atoms with E-state index in [0.717, 1.165) is 37.1 Å². The lowest BCUT2D eigenvalue weighted by Gasteiger charge is -2.30. The molecule has 1 saturated heterocycles.